The first kappa shape index (κ1) is 28.0. The van der Waals surface area contributed by atoms with Crippen molar-refractivity contribution >= 4 is 23.7 Å². The van der Waals surface area contributed by atoms with E-state index in [0.717, 1.165) is 34.6 Å². The van der Waals surface area contributed by atoms with Crippen LogP contribution in [0, 0.1) is 0 Å². The van der Waals surface area contributed by atoms with Gasteiger partial charge in [0.05, 0.1) is 12.2 Å². The van der Waals surface area contributed by atoms with E-state index in [1.54, 1.807) is 6.20 Å². The Labute approximate surface area is 229 Å². The van der Waals surface area contributed by atoms with Crippen molar-refractivity contribution in [2.24, 2.45) is 0 Å². The van der Waals surface area contributed by atoms with Crippen molar-refractivity contribution in [3.05, 3.63) is 71.9 Å². The van der Waals surface area contributed by atoms with Gasteiger partial charge in [0.1, 0.15) is 5.60 Å². The molecule has 0 radical (unpaired) electrons. The molecule has 0 atom stereocenters. The lowest BCUT2D eigenvalue weighted by atomic mass is 10.0. The second-order valence-electron chi connectivity index (χ2n) is 10.5. The van der Waals surface area contributed by atoms with Gasteiger partial charge in [0.2, 0.25) is 5.95 Å². The smallest absolute Gasteiger partial charge is 0.407 e. The molecule has 2 aromatic carbocycles. The Morgan fingerprint density at radius 1 is 1.03 bits per heavy atom. The molecule has 4 rings (SSSR count). The number of carboxylic acid groups (broad SMARTS) is 1. The third kappa shape index (κ3) is 8.49. The largest absolute Gasteiger partial charge is 0.465 e. The maximum absolute atomic E-state index is 12.1. The molecular formula is C29H36N6O4. The fourth-order valence-electron chi connectivity index (χ4n) is 4.40. The summed E-state index contributed by atoms with van der Waals surface area (Å²) in [6, 6.07) is 17.9. The van der Waals surface area contributed by atoms with Gasteiger partial charge in [-0.05, 0) is 50.1 Å². The van der Waals surface area contributed by atoms with E-state index in [4.69, 9.17) is 14.8 Å². The van der Waals surface area contributed by atoms with E-state index in [1.165, 1.54) is 4.90 Å². The predicted molar refractivity (Wildman–Crippen MR) is 150 cm³/mol. The Hall–Kier alpha value is -4.02. The van der Waals surface area contributed by atoms with Crippen molar-refractivity contribution < 1.29 is 19.4 Å². The van der Waals surface area contributed by atoms with Crippen molar-refractivity contribution in [1.82, 2.24) is 25.1 Å². The van der Waals surface area contributed by atoms with Crippen LogP contribution in [0.2, 0.25) is 0 Å². The van der Waals surface area contributed by atoms with E-state index in [9.17, 15) is 9.59 Å². The number of aromatic nitrogens is 2. The zero-order chi connectivity index (χ0) is 27.8. The molecule has 3 N–H and O–H groups in total. The summed E-state index contributed by atoms with van der Waals surface area (Å²) in [4.78, 5) is 36.1. The van der Waals surface area contributed by atoms with Crippen molar-refractivity contribution in [3.8, 4) is 11.3 Å². The van der Waals surface area contributed by atoms with Gasteiger partial charge in [-0.15, -0.1) is 0 Å². The van der Waals surface area contributed by atoms with E-state index >= 15 is 0 Å². The van der Waals surface area contributed by atoms with Gasteiger partial charge in [0.15, 0.2) is 0 Å². The van der Waals surface area contributed by atoms with Gasteiger partial charge < -0.3 is 25.4 Å². The van der Waals surface area contributed by atoms with Crippen LogP contribution < -0.4 is 10.6 Å². The van der Waals surface area contributed by atoms with Crippen LogP contribution in [-0.2, 0) is 22.6 Å². The zero-order valence-corrected chi connectivity index (χ0v) is 22.7. The zero-order valence-electron chi connectivity index (χ0n) is 22.7. The fourth-order valence-corrected chi connectivity index (χ4v) is 4.40. The molecule has 3 aromatic rings. The Balaban J connectivity index is 1.39. The summed E-state index contributed by atoms with van der Waals surface area (Å²) in [6.07, 6.45) is 0.865. The molecule has 10 heteroatoms. The summed E-state index contributed by atoms with van der Waals surface area (Å²) in [5.74, 6) is 0.189. The van der Waals surface area contributed by atoms with Crippen LogP contribution in [0.15, 0.2) is 60.8 Å². The summed E-state index contributed by atoms with van der Waals surface area (Å²) >= 11 is 0. The highest BCUT2D eigenvalue weighted by Crippen LogP contribution is 2.24. The number of nitrogens with one attached hydrogen (secondary N) is 2. The van der Waals surface area contributed by atoms with Crippen LogP contribution in [-0.4, -0.2) is 75.3 Å². The number of hydrogen-bond acceptors (Lipinski definition) is 8. The number of carbonyl (C=O) groups is 2. The summed E-state index contributed by atoms with van der Waals surface area (Å²) in [5.41, 5.74) is 4.22. The molecule has 2 heterocycles. The Morgan fingerprint density at radius 3 is 2.54 bits per heavy atom. The van der Waals surface area contributed by atoms with Crippen molar-refractivity contribution in [2.45, 2.75) is 39.5 Å². The summed E-state index contributed by atoms with van der Waals surface area (Å²) in [5, 5.41) is 15.6. The van der Waals surface area contributed by atoms with Gasteiger partial charge in [-0.1, -0.05) is 36.4 Å². The highest BCUT2D eigenvalue weighted by atomic mass is 16.6. The van der Waals surface area contributed by atoms with E-state index in [-0.39, 0.29) is 12.5 Å². The summed E-state index contributed by atoms with van der Waals surface area (Å²) in [7, 11) is 0. The third-order valence-electron chi connectivity index (χ3n) is 6.19. The summed E-state index contributed by atoms with van der Waals surface area (Å²) in [6.45, 7) is 9.36. The average Bonchev–Trinajstić information content (AvgIpc) is 2.89. The number of rotatable bonds is 9. The molecule has 206 valence electrons. The van der Waals surface area contributed by atoms with Crippen molar-refractivity contribution in [2.75, 3.05) is 38.0 Å². The molecule has 0 spiro atoms. The van der Waals surface area contributed by atoms with Gasteiger partial charge in [-0.3, -0.25) is 9.69 Å². The lowest BCUT2D eigenvalue weighted by Gasteiger charge is -2.33. The van der Waals surface area contributed by atoms with Crippen LogP contribution in [0.25, 0.3) is 11.3 Å². The molecule has 0 aliphatic carbocycles. The monoisotopic (exact) mass is 532 g/mol. The Kier molecular flexibility index (Phi) is 9.11. The minimum Gasteiger partial charge on any atom is -0.465 e. The first-order valence-corrected chi connectivity index (χ1v) is 13.1. The molecule has 1 aliphatic rings. The van der Waals surface area contributed by atoms with E-state index in [0.29, 0.717) is 38.7 Å². The standard InChI is InChI=1S/C29H36N6O4/c1-29(2,3)39-26(36)19-30-18-22-8-4-5-10-24(22)25-11-12-31-27(33-25)32-23-9-6-7-21(17-23)20-34-13-15-35(16-14-34)28(37)38/h4-12,17,30H,13-16,18-20H2,1-3H3,(H,37,38)(H,31,32,33). The molecule has 0 bridgehead atoms. The highest BCUT2D eigenvalue weighted by molar-refractivity contribution is 5.72. The lowest BCUT2D eigenvalue weighted by Crippen LogP contribution is -2.47. The number of piperazine rings is 1. The topological polar surface area (TPSA) is 120 Å². The van der Waals surface area contributed by atoms with Gasteiger partial charge >= 0.3 is 12.1 Å². The first-order chi connectivity index (χ1) is 18.7. The molecule has 1 fully saturated rings. The van der Waals surface area contributed by atoms with Gasteiger partial charge in [-0.2, -0.15) is 0 Å². The second-order valence-corrected chi connectivity index (χ2v) is 10.5. The molecule has 0 unspecified atom stereocenters. The van der Waals surface area contributed by atoms with Crippen LogP contribution in [0.1, 0.15) is 31.9 Å². The number of esters is 1. The molecule has 1 amide bonds. The van der Waals surface area contributed by atoms with Gasteiger partial charge in [0.25, 0.3) is 0 Å². The first-order valence-electron chi connectivity index (χ1n) is 13.1. The highest BCUT2D eigenvalue weighted by Gasteiger charge is 2.20. The minimum absolute atomic E-state index is 0.119. The molecule has 0 saturated carbocycles. The minimum atomic E-state index is -0.859. The number of nitrogens with zero attached hydrogens (tertiary/aromatic N) is 4. The Bertz CT molecular complexity index is 1280. The number of hydrogen-bond donors (Lipinski definition) is 3. The fraction of sp³-hybridized carbons (Fsp3) is 0.379. The van der Waals surface area contributed by atoms with Crippen molar-refractivity contribution in [1.29, 1.82) is 0 Å². The number of amides is 1. The molecule has 39 heavy (non-hydrogen) atoms. The third-order valence-corrected chi connectivity index (χ3v) is 6.19. The Morgan fingerprint density at radius 2 is 1.79 bits per heavy atom. The number of carbonyl (C=O) groups excluding carboxylic acids is 1. The number of benzene rings is 2. The van der Waals surface area contributed by atoms with E-state index < -0.39 is 11.7 Å². The van der Waals surface area contributed by atoms with E-state index in [2.05, 4.69) is 32.7 Å². The van der Waals surface area contributed by atoms with Crippen LogP contribution in [0.3, 0.4) is 0 Å². The maximum Gasteiger partial charge on any atom is 0.407 e. The lowest BCUT2D eigenvalue weighted by molar-refractivity contribution is -0.153. The molecule has 1 aromatic heterocycles. The SMILES string of the molecule is CC(C)(C)OC(=O)CNCc1ccccc1-c1ccnc(Nc2cccc(CN3CCN(C(=O)O)CC3)c2)n1. The molecule has 1 saturated heterocycles. The van der Waals surface area contributed by atoms with Gasteiger partial charge in [-0.25, -0.2) is 14.8 Å². The molecule has 10 nitrogen and oxygen atoms in total. The average molecular weight is 533 g/mol. The van der Waals surface area contributed by atoms with E-state index in [1.807, 2.05) is 63.2 Å². The normalized spacial score (nSPS) is 14.2. The maximum atomic E-state index is 12.1. The van der Waals surface area contributed by atoms with Crippen LogP contribution in [0.4, 0.5) is 16.4 Å². The predicted octanol–water partition coefficient (Wildman–Crippen LogP) is 4.11. The molecular weight excluding hydrogens is 496 g/mol. The summed E-state index contributed by atoms with van der Waals surface area (Å²) < 4.78 is 5.37. The second kappa shape index (κ2) is 12.7. The quantitative estimate of drug-likeness (QED) is 0.350. The number of ether oxygens (including phenoxy) is 1. The van der Waals surface area contributed by atoms with Crippen LogP contribution >= 0.6 is 0 Å². The van der Waals surface area contributed by atoms with Gasteiger partial charge in [0, 0.05) is 56.7 Å². The van der Waals surface area contributed by atoms with Crippen LogP contribution in [0.5, 0.6) is 0 Å². The molecule has 1 aliphatic heterocycles. The van der Waals surface area contributed by atoms with Crippen molar-refractivity contribution in [3.63, 3.8) is 0 Å². The number of anilines is 2.